The Morgan fingerprint density at radius 2 is 1.93 bits per heavy atom. The molecule has 0 N–H and O–H groups in total. The van der Waals surface area contributed by atoms with Crippen LogP contribution in [0.5, 0.6) is 0 Å². The molecule has 1 aromatic heterocycles. The molecule has 3 aliphatic heterocycles. The van der Waals surface area contributed by atoms with Gasteiger partial charge in [0.2, 0.25) is 5.91 Å². The second kappa shape index (κ2) is 7.47. The Morgan fingerprint density at radius 3 is 2.70 bits per heavy atom. The summed E-state index contributed by atoms with van der Waals surface area (Å²) >= 11 is 0. The highest BCUT2D eigenvalue weighted by Crippen LogP contribution is 2.29. The molecule has 2 amide bonds. The fourth-order valence-corrected chi connectivity index (χ4v) is 4.13. The Morgan fingerprint density at radius 1 is 1.07 bits per heavy atom. The number of rotatable bonds is 3. The molecule has 0 aliphatic carbocycles. The highest BCUT2D eigenvalue weighted by Gasteiger charge is 2.38. The molecule has 0 unspecified atom stereocenters. The number of carbonyl (C=O) groups excluding carboxylic acids is 2. The number of amides is 2. The van der Waals surface area contributed by atoms with Crippen molar-refractivity contribution in [3.63, 3.8) is 0 Å². The van der Waals surface area contributed by atoms with Gasteiger partial charge in [-0.15, -0.1) is 0 Å². The van der Waals surface area contributed by atoms with Crippen LogP contribution >= 0.6 is 0 Å². The summed E-state index contributed by atoms with van der Waals surface area (Å²) in [6.45, 7) is 1.80. The molecule has 27 heavy (non-hydrogen) atoms. The van der Waals surface area contributed by atoms with Crippen molar-refractivity contribution in [2.24, 2.45) is 5.92 Å². The van der Waals surface area contributed by atoms with Gasteiger partial charge in [0.25, 0.3) is 5.91 Å². The zero-order chi connectivity index (χ0) is 18.8. The molecule has 5 nitrogen and oxygen atoms in total. The normalized spacial score (nSPS) is 21.8. The van der Waals surface area contributed by atoms with Crippen molar-refractivity contribution >= 4 is 11.8 Å². The smallest absolute Gasteiger partial charge is 0.255 e. The first-order valence-corrected chi connectivity index (χ1v) is 9.34. The van der Waals surface area contributed by atoms with Crippen LogP contribution in [-0.2, 0) is 11.2 Å². The summed E-state index contributed by atoms with van der Waals surface area (Å²) in [5, 5.41) is 0. The highest BCUT2D eigenvalue weighted by molar-refractivity contribution is 5.94. The molecular weight excluding hydrogens is 345 g/mol. The Kier molecular flexibility index (Phi) is 4.88. The number of benzene rings is 1. The Labute approximate surface area is 157 Å². The number of fused-ring (bicyclic) bond motifs is 4. The predicted octanol–water partition coefficient (Wildman–Crippen LogP) is 2.53. The maximum absolute atomic E-state index is 13.9. The topological polar surface area (TPSA) is 53.5 Å². The van der Waals surface area contributed by atoms with Crippen LogP contribution in [-0.4, -0.2) is 52.3 Å². The van der Waals surface area contributed by atoms with Crippen molar-refractivity contribution in [1.82, 2.24) is 14.8 Å². The van der Waals surface area contributed by atoms with Crippen molar-refractivity contribution in [1.29, 1.82) is 0 Å². The minimum atomic E-state index is -0.348. The summed E-state index contributed by atoms with van der Waals surface area (Å²) in [5.74, 6) is -0.193. The van der Waals surface area contributed by atoms with Crippen LogP contribution in [0.1, 0.15) is 28.8 Å². The lowest BCUT2D eigenvalue weighted by Crippen LogP contribution is -2.48. The van der Waals surface area contributed by atoms with Gasteiger partial charge in [0, 0.05) is 38.1 Å². The molecule has 0 spiro atoms. The van der Waals surface area contributed by atoms with E-state index in [1.165, 1.54) is 6.07 Å². The van der Waals surface area contributed by atoms with Gasteiger partial charge >= 0.3 is 0 Å². The van der Waals surface area contributed by atoms with Crippen LogP contribution in [0, 0.1) is 11.7 Å². The van der Waals surface area contributed by atoms with Crippen molar-refractivity contribution in [3.8, 4) is 0 Å². The molecule has 5 rings (SSSR count). The third-order valence-corrected chi connectivity index (χ3v) is 5.53. The number of carbonyl (C=O) groups is 2. The van der Waals surface area contributed by atoms with E-state index in [0.717, 1.165) is 12.8 Å². The van der Waals surface area contributed by atoms with E-state index in [1.54, 1.807) is 42.7 Å². The summed E-state index contributed by atoms with van der Waals surface area (Å²) in [7, 11) is 0. The number of piperidine rings is 1. The van der Waals surface area contributed by atoms with Crippen LogP contribution in [0.4, 0.5) is 4.39 Å². The standard InChI is InChI=1S/C21H22FN3O2/c22-19-6-2-1-4-16(19)10-20(26)25-13-15-7-8-18(25)14-24(12-15)21(27)17-5-3-9-23-11-17/h1-6,9,11,15,18H,7-8,10,12-14H2/t15-,18+/m0/s1. The molecule has 2 bridgehead atoms. The summed E-state index contributed by atoms with van der Waals surface area (Å²) in [4.78, 5) is 33.4. The van der Waals surface area contributed by atoms with E-state index < -0.39 is 0 Å². The SMILES string of the molecule is O=C(c1cccnc1)N1C[C@@H]2CC[C@H](C1)N(C(=O)Cc1ccccc1F)C2. The molecule has 2 atom stereocenters. The van der Waals surface area contributed by atoms with Gasteiger partial charge in [0.1, 0.15) is 5.82 Å². The molecule has 0 saturated carbocycles. The van der Waals surface area contributed by atoms with Crippen molar-refractivity contribution in [3.05, 3.63) is 65.7 Å². The van der Waals surface area contributed by atoms with Crippen molar-refractivity contribution < 1.29 is 14.0 Å². The minimum Gasteiger partial charge on any atom is -0.337 e. The monoisotopic (exact) mass is 367 g/mol. The number of nitrogens with zero attached hydrogens (tertiary/aromatic N) is 3. The first-order valence-electron chi connectivity index (χ1n) is 9.34. The average Bonchev–Trinajstić information content (AvgIpc) is 3.02. The van der Waals surface area contributed by atoms with E-state index in [4.69, 9.17) is 0 Å². The first-order chi connectivity index (χ1) is 13.1. The minimum absolute atomic E-state index is 0.0105. The fourth-order valence-electron chi connectivity index (χ4n) is 4.13. The molecule has 0 radical (unpaired) electrons. The lowest BCUT2D eigenvalue weighted by Gasteiger charge is -2.36. The number of hydrogen-bond acceptors (Lipinski definition) is 3. The zero-order valence-electron chi connectivity index (χ0n) is 15.1. The van der Waals surface area contributed by atoms with E-state index in [1.807, 2.05) is 9.80 Å². The number of hydrogen-bond donors (Lipinski definition) is 0. The van der Waals surface area contributed by atoms with Gasteiger partial charge in [-0.2, -0.15) is 0 Å². The summed E-state index contributed by atoms with van der Waals surface area (Å²) in [5.41, 5.74) is 0.994. The third kappa shape index (κ3) is 3.70. The quantitative estimate of drug-likeness (QED) is 0.838. The van der Waals surface area contributed by atoms with Crippen molar-refractivity contribution in [2.45, 2.75) is 25.3 Å². The maximum atomic E-state index is 13.9. The van der Waals surface area contributed by atoms with Gasteiger partial charge in [0.05, 0.1) is 12.0 Å². The molecule has 4 heterocycles. The predicted molar refractivity (Wildman–Crippen MR) is 98.5 cm³/mol. The lowest BCUT2D eigenvalue weighted by atomic mass is 9.94. The molecule has 1 aromatic carbocycles. The fraction of sp³-hybridized carbons (Fsp3) is 0.381. The Hall–Kier alpha value is -2.76. The lowest BCUT2D eigenvalue weighted by molar-refractivity contribution is -0.134. The second-order valence-corrected chi connectivity index (χ2v) is 7.36. The van der Waals surface area contributed by atoms with Gasteiger partial charge in [-0.25, -0.2) is 4.39 Å². The van der Waals surface area contributed by atoms with Crippen LogP contribution in [0.2, 0.25) is 0 Å². The summed E-state index contributed by atoms with van der Waals surface area (Å²) in [6.07, 6.45) is 5.17. The molecule has 6 heteroatoms. The molecule has 3 aliphatic rings. The number of pyridine rings is 1. The van der Waals surface area contributed by atoms with Gasteiger partial charge in [0.15, 0.2) is 0 Å². The molecule has 140 valence electrons. The molecule has 3 fully saturated rings. The van der Waals surface area contributed by atoms with E-state index in [0.29, 0.717) is 30.8 Å². The van der Waals surface area contributed by atoms with E-state index in [-0.39, 0.29) is 36.0 Å². The van der Waals surface area contributed by atoms with Crippen LogP contribution in [0.25, 0.3) is 0 Å². The summed E-state index contributed by atoms with van der Waals surface area (Å²) in [6, 6.07) is 9.91. The number of halogens is 1. The van der Waals surface area contributed by atoms with Crippen LogP contribution < -0.4 is 0 Å². The van der Waals surface area contributed by atoms with Gasteiger partial charge < -0.3 is 9.80 Å². The van der Waals surface area contributed by atoms with Gasteiger partial charge in [-0.05, 0) is 42.5 Å². The van der Waals surface area contributed by atoms with Gasteiger partial charge in [-0.3, -0.25) is 14.6 Å². The Bertz CT molecular complexity index is 842. The largest absolute Gasteiger partial charge is 0.337 e. The second-order valence-electron chi connectivity index (χ2n) is 7.36. The molecule has 2 aromatic rings. The first kappa shape index (κ1) is 17.6. The summed E-state index contributed by atoms with van der Waals surface area (Å²) < 4.78 is 13.9. The molecule has 3 saturated heterocycles. The Balaban J connectivity index is 1.49. The van der Waals surface area contributed by atoms with Crippen molar-refractivity contribution in [2.75, 3.05) is 19.6 Å². The average molecular weight is 367 g/mol. The van der Waals surface area contributed by atoms with Crippen LogP contribution in [0.3, 0.4) is 0 Å². The maximum Gasteiger partial charge on any atom is 0.255 e. The van der Waals surface area contributed by atoms with E-state index in [2.05, 4.69) is 4.98 Å². The van der Waals surface area contributed by atoms with Gasteiger partial charge in [-0.1, -0.05) is 18.2 Å². The van der Waals surface area contributed by atoms with E-state index >= 15 is 0 Å². The zero-order valence-corrected chi connectivity index (χ0v) is 15.1. The highest BCUT2D eigenvalue weighted by atomic mass is 19.1. The van der Waals surface area contributed by atoms with E-state index in [9.17, 15) is 14.0 Å². The third-order valence-electron chi connectivity index (χ3n) is 5.53. The molecular formula is C21H22FN3O2. The van der Waals surface area contributed by atoms with Crippen LogP contribution in [0.15, 0.2) is 48.8 Å². The number of aromatic nitrogens is 1.